The number of rotatable bonds is 3. The quantitative estimate of drug-likeness (QED) is 0.184. The van der Waals surface area contributed by atoms with E-state index in [0.29, 0.717) is 11.1 Å². The highest BCUT2D eigenvalue weighted by molar-refractivity contribution is 7.85. The lowest BCUT2D eigenvalue weighted by Gasteiger charge is -2.45. The van der Waals surface area contributed by atoms with Crippen molar-refractivity contribution in [3.8, 4) is 17.2 Å². The highest BCUT2D eigenvalue weighted by Crippen LogP contribution is 2.61. The van der Waals surface area contributed by atoms with Gasteiger partial charge in [-0.3, -0.25) is 0 Å². The van der Waals surface area contributed by atoms with Crippen LogP contribution in [0.2, 0.25) is 0 Å². The third kappa shape index (κ3) is 3.34. The molecule has 2 aliphatic heterocycles. The van der Waals surface area contributed by atoms with Gasteiger partial charge in [-0.2, -0.15) is 0 Å². The van der Waals surface area contributed by atoms with Gasteiger partial charge in [-0.15, -0.1) is 0 Å². The molecule has 0 radical (unpaired) electrons. The summed E-state index contributed by atoms with van der Waals surface area (Å²) in [5.41, 5.74) is 7.23. The highest BCUT2D eigenvalue weighted by Gasteiger charge is 2.51. The van der Waals surface area contributed by atoms with Crippen molar-refractivity contribution in [3.63, 3.8) is 0 Å². The van der Waals surface area contributed by atoms with Gasteiger partial charge in [0, 0.05) is 32.5 Å². The van der Waals surface area contributed by atoms with Crippen molar-refractivity contribution in [1.29, 1.82) is 0 Å². The fraction of sp³-hybridized carbons (Fsp3) is 0.0233. The van der Waals surface area contributed by atoms with Gasteiger partial charge in [0.25, 0.3) is 0 Å². The zero-order chi connectivity index (χ0) is 31.2. The highest BCUT2D eigenvalue weighted by atomic mass is 31.2. The van der Waals surface area contributed by atoms with E-state index in [2.05, 4.69) is 102 Å². The molecule has 2 aliphatic rings. The molecule has 7 aromatic carbocycles. The van der Waals surface area contributed by atoms with E-state index in [1.165, 1.54) is 32.9 Å². The van der Waals surface area contributed by atoms with E-state index >= 15 is 4.57 Å². The topological polar surface area (TPSA) is 31.2 Å². The van der Waals surface area contributed by atoms with Crippen LogP contribution < -0.4 is 20.7 Å². The van der Waals surface area contributed by atoms with Crippen molar-refractivity contribution >= 4 is 44.9 Å². The molecule has 0 saturated heterocycles. The zero-order valence-corrected chi connectivity index (χ0v) is 26.3. The van der Waals surface area contributed by atoms with Crippen LogP contribution >= 0.6 is 7.14 Å². The van der Waals surface area contributed by atoms with Crippen LogP contribution in [0.5, 0.6) is 11.5 Å². The Balaban J connectivity index is 1.40. The average molecular weight is 622 g/mol. The van der Waals surface area contributed by atoms with Crippen molar-refractivity contribution < 1.29 is 9.30 Å². The van der Waals surface area contributed by atoms with Gasteiger partial charge in [0.05, 0.1) is 27.4 Å². The number of hydrogen-bond donors (Lipinski definition) is 0. The lowest BCUT2D eigenvalue weighted by molar-refractivity contribution is 0.437. The van der Waals surface area contributed by atoms with Crippen LogP contribution in [-0.2, 0) is 9.98 Å². The number of benzene rings is 7. The van der Waals surface area contributed by atoms with Gasteiger partial charge in [0.15, 0.2) is 7.14 Å². The number of para-hydroxylation sites is 5. The molecule has 1 unspecified atom stereocenters. The molecule has 1 aromatic heterocycles. The smallest absolute Gasteiger partial charge is 0.174 e. The summed E-state index contributed by atoms with van der Waals surface area (Å²) >= 11 is 0. The van der Waals surface area contributed by atoms with Crippen LogP contribution in [0.15, 0.2) is 170 Å². The second-order valence-electron chi connectivity index (χ2n) is 12.4. The third-order valence-corrected chi connectivity index (χ3v) is 13.2. The molecule has 3 heterocycles. The molecule has 1 spiro atoms. The molecule has 0 fully saturated rings. The maximum absolute atomic E-state index is 15.9. The van der Waals surface area contributed by atoms with Gasteiger partial charge in [-0.25, -0.2) is 0 Å². The maximum atomic E-state index is 15.9. The van der Waals surface area contributed by atoms with Crippen molar-refractivity contribution in [1.82, 2.24) is 4.57 Å². The Morgan fingerprint density at radius 3 is 1.85 bits per heavy atom. The van der Waals surface area contributed by atoms with E-state index in [4.69, 9.17) is 4.74 Å². The summed E-state index contributed by atoms with van der Waals surface area (Å²) in [4.78, 5) is 0. The van der Waals surface area contributed by atoms with Crippen LogP contribution in [0.4, 0.5) is 0 Å². The van der Waals surface area contributed by atoms with Crippen LogP contribution in [0.25, 0.3) is 27.5 Å². The molecular formula is C43H28NO2P. The SMILES string of the molecule is O=P(c1ccccc1)(c1ccccc1)c1cccc2c1Oc1ccccc1C21c2ccccc2-n2c3ccccc3c3cccc1c32. The molecule has 47 heavy (non-hydrogen) atoms. The van der Waals surface area contributed by atoms with Gasteiger partial charge >= 0.3 is 0 Å². The second kappa shape index (κ2) is 9.69. The predicted molar refractivity (Wildman–Crippen MR) is 192 cm³/mol. The monoisotopic (exact) mass is 621 g/mol. The first-order valence-corrected chi connectivity index (χ1v) is 17.7. The first-order chi connectivity index (χ1) is 23.2. The number of nitrogens with zero attached hydrogens (tertiary/aromatic N) is 1. The Hall–Kier alpha value is -5.63. The second-order valence-corrected chi connectivity index (χ2v) is 15.1. The molecule has 8 aromatic rings. The Kier molecular flexibility index (Phi) is 5.48. The molecule has 1 atom stereocenters. The first-order valence-electron chi connectivity index (χ1n) is 16.0. The minimum atomic E-state index is -3.38. The van der Waals surface area contributed by atoms with E-state index < -0.39 is 12.6 Å². The van der Waals surface area contributed by atoms with Gasteiger partial charge in [0.1, 0.15) is 11.5 Å². The van der Waals surface area contributed by atoms with E-state index in [-0.39, 0.29) is 0 Å². The number of fused-ring (bicyclic) bond motifs is 11. The van der Waals surface area contributed by atoms with Crippen molar-refractivity contribution in [3.05, 3.63) is 192 Å². The van der Waals surface area contributed by atoms with Gasteiger partial charge in [-0.1, -0.05) is 146 Å². The standard InChI is InChI=1S/C43H28NO2P/c45-47(29-15-3-1-4-16-29,30-17-5-2-6-18-30)40-28-14-24-36-42(40)46-39-27-12-9-22-34(39)43(36)33-21-8-11-26-38(33)44-37-25-10-7-19-31(37)32-20-13-23-35(43)41(32)44/h1-28H. The molecule has 10 rings (SSSR count). The van der Waals surface area contributed by atoms with E-state index in [9.17, 15) is 0 Å². The van der Waals surface area contributed by atoms with Gasteiger partial charge < -0.3 is 13.9 Å². The van der Waals surface area contributed by atoms with Crippen LogP contribution in [-0.4, -0.2) is 4.57 Å². The molecule has 222 valence electrons. The Morgan fingerprint density at radius 1 is 0.489 bits per heavy atom. The van der Waals surface area contributed by atoms with Gasteiger partial charge in [-0.05, 0) is 35.4 Å². The lowest BCUT2D eigenvalue weighted by atomic mass is 9.62. The predicted octanol–water partition coefficient (Wildman–Crippen LogP) is 9.22. The molecule has 0 N–H and O–H groups in total. The number of ether oxygens (including phenoxy) is 1. The van der Waals surface area contributed by atoms with Crippen LogP contribution in [0.1, 0.15) is 22.3 Å². The molecule has 4 heteroatoms. The first kappa shape index (κ1) is 26.6. The van der Waals surface area contributed by atoms with E-state index in [0.717, 1.165) is 33.2 Å². The summed E-state index contributed by atoms with van der Waals surface area (Å²) in [5, 5.41) is 4.71. The third-order valence-electron chi connectivity index (χ3n) is 10.1. The Labute approximate surface area is 272 Å². The Morgan fingerprint density at radius 2 is 1.06 bits per heavy atom. The molecule has 0 amide bonds. The molecule has 0 aliphatic carbocycles. The van der Waals surface area contributed by atoms with Crippen LogP contribution in [0, 0.1) is 0 Å². The average Bonchev–Trinajstić information content (AvgIpc) is 3.49. The van der Waals surface area contributed by atoms with E-state index in [1.807, 2.05) is 72.8 Å². The van der Waals surface area contributed by atoms with E-state index in [1.54, 1.807) is 0 Å². The van der Waals surface area contributed by atoms with Crippen molar-refractivity contribution in [2.75, 3.05) is 0 Å². The number of hydrogen-bond acceptors (Lipinski definition) is 2. The largest absolute Gasteiger partial charge is 0.456 e. The molecule has 3 nitrogen and oxygen atoms in total. The summed E-state index contributed by atoms with van der Waals surface area (Å²) in [7, 11) is -3.38. The summed E-state index contributed by atoms with van der Waals surface area (Å²) in [6.45, 7) is 0. The minimum absolute atomic E-state index is 0.665. The molecular weight excluding hydrogens is 593 g/mol. The molecule has 0 bridgehead atoms. The normalized spacial score (nSPS) is 16.0. The van der Waals surface area contributed by atoms with Crippen LogP contribution in [0.3, 0.4) is 0 Å². The summed E-state index contributed by atoms with van der Waals surface area (Å²) in [6, 6.07) is 58.5. The zero-order valence-electron chi connectivity index (χ0n) is 25.4. The minimum Gasteiger partial charge on any atom is -0.456 e. The van der Waals surface area contributed by atoms with Gasteiger partial charge in [0.2, 0.25) is 0 Å². The number of aromatic nitrogens is 1. The summed E-state index contributed by atoms with van der Waals surface area (Å²) in [5.74, 6) is 1.44. The fourth-order valence-corrected chi connectivity index (χ4v) is 11.1. The lowest BCUT2D eigenvalue weighted by Crippen LogP contribution is -2.39. The van der Waals surface area contributed by atoms with Crippen molar-refractivity contribution in [2.45, 2.75) is 5.41 Å². The maximum Gasteiger partial charge on any atom is 0.174 e. The van der Waals surface area contributed by atoms with Crippen molar-refractivity contribution in [2.24, 2.45) is 0 Å². The fourth-order valence-electron chi connectivity index (χ4n) is 8.28. The summed E-state index contributed by atoms with van der Waals surface area (Å²) in [6.07, 6.45) is 0. The molecule has 0 saturated carbocycles. The Bertz CT molecular complexity index is 2540. The summed E-state index contributed by atoms with van der Waals surface area (Å²) < 4.78 is 25.4.